The summed E-state index contributed by atoms with van der Waals surface area (Å²) in [7, 11) is 0. The van der Waals surface area contributed by atoms with Crippen LogP contribution in [0.25, 0.3) is 10.9 Å². The first-order valence-corrected chi connectivity index (χ1v) is 6.66. The second-order valence-corrected chi connectivity index (χ2v) is 5.28. The lowest BCUT2D eigenvalue weighted by Gasteiger charge is -2.33. The molecule has 4 heteroatoms. The van der Waals surface area contributed by atoms with Gasteiger partial charge in [0.2, 0.25) is 0 Å². The molecule has 2 heterocycles. The zero-order valence-electron chi connectivity index (χ0n) is 10.1. The number of aromatic nitrogens is 1. The Balaban J connectivity index is 2.05. The van der Waals surface area contributed by atoms with Crippen LogP contribution >= 0.6 is 11.6 Å². The van der Waals surface area contributed by atoms with Crippen molar-refractivity contribution >= 4 is 28.2 Å². The van der Waals surface area contributed by atoms with Gasteiger partial charge in [-0.1, -0.05) is 11.6 Å². The molecule has 1 aromatic heterocycles. The summed E-state index contributed by atoms with van der Waals surface area (Å²) in [5.41, 5.74) is 8.21. The summed E-state index contributed by atoms with van der Waals surface area (Å²) in [6, 6.07) is 8.20. The van der Waals surface area contributed by atoms with Crippen LogP contribution in [0.15, 0.2) is 30.5 Å². The summed E-state index contributed by atoms with van der Waals surface area (Å²) in [5.74, 6) is 0. The van der Waals surface area contributed by atoms with Crippen molar-refractivity contribution in [3.63, 3.8) is 0 Å². The molecule has 0 bridgehead atoms. The Morgan fingerprint density at radius 2 is 2.22 bits per heavy atom. The molecule has 1 aliphatic heterocycles. The SMILES string of the molecule is NC1CCCN(c2ccnc3cc(Cl)ccc23)C1. The summed E-state index contributed by atoms with van der Waals surface area (Å²) < 4.78 is 0. The van der Waals surface area contributed by atoms with Gasteiger partial charge in [-0.05, 0) is 37.1 Å². The van der Waals surface area contributed by atoms with Crippen molar-refractivity contribution in [1.29, 1.82) is 0 Å². The number of piperidine rings is 1. The van der Waals surface area contributed by atoms with Crippen molar-refractivity contribution in [2.45, 2.75) is 18.9 Å². The van der Waals surface area contributed by atoms with E-state index in [1.165, 1.54) is 5.69 Å². The number of hydrogen-bond acceptors (Lipinski definition) is 3. The number of pyridine rings is 1. The largest absolute Gasteiger partial charge is 0.369 e. The average Bonchev–Trinajstić information content (AvgIpc) is 2.37. The molecule has 2 N–H and O–H groups in total. The minimum absolute atomic E-state index is 0.272. The zero-order chi connectivity index (χ0) is 12.5. The smallest absolute Gasteiger partial charge is 0.0737 e. The van der Waals surface area contributed by atoms with Gasteiger partial charge in [0.15, 0.2) is 0 Å². The lowest BCUT2D eigenvalue weighted by molar-refractivity contribution is 0.507. The fourth-order valence-electron chi connectivity index (χ4n) is 2.61. The topological polar surface area (TPSA) is 42.1 Å². The third-order valence-electron chi connectivity index (χ3n) is 3.48. The molecular weight excluding hydrogens is 246 g/mol. The molecule has 1 fully saturated rings. The van der Waals surface area contributed by atoms with Crippen LogP contribution in [0.3, 0.4) is 0 Å². The van der Waals surface area contributed by atoms with Crippen molar-refractivity contribution in [2.75, 3.05) is 18.0 Å². The summed E-state index contributed by atoms with van der Waals surface area (Å²) in [4.78, 5) is 6.73. The number of hydrogen-bond donors (Lipinski definition) is 1. The van der Waals surface area contributed by atoms with E-state index in [-0.39, 0.29) is 6.04 Å². The summed E-state index contributed by atoms with van der Waals surface area (Å²) in [5, 5.41) is 1.87. The highest BCUT2D eigenvalue weighted by Crippen LogP contribution is 2.29. The number of halogens is 1. The normalized spacial score (nSPS) is 20.3. The molecule has 1 atom stereocenters. The molecule has 2 aromatic rings. The number of benzene rings is 1. The molecule has 0 radical (unpaired) electrons. The van der Waals surface area contributed by atoms with Gasteiger partial charge in [-0.25, -0.2) is 0 Å². The highest BCUT2D eigenvalue weighted by molar-refractivity contribution is 6.31. The van der Waals surface area contributed by atoms with E-state index in [4.69, 9.17) is 17.3 Å². The van der Waals surface area contributed by atoms with Crippen molar-refractivity contribution in [3.8, 4) is 0 Å². The van der Waals surface area contributed by atoms with E-state index < -0.39 is 0 Å². The van der Waals surface area contributed by atoms with Crippen LogP contribution in [0.2, 0.25) is 5.02 Å². The van der Waals surface area contributed by atoms with E-state index in [1.807, 2.05) is 24.4 Å². The molecule has 0 aliphatic carbocycles. The molecule has 1 aromatic carbocycles. The molecule has 0 spiro atoms. The van der Waals surface area contributed by atoms with Crippen LogP contribution < -0.4 is 10.6 Å². The van der Waals surface area contributed by atoms with Crippen LogP contribution in [0, 0.1) is 0 Å². The maximum atomic E-state index is 6.05. The van der Waals surface area contributed by atoms with Crippen molar-refractivity contribution < 1.29 is 0 Å². The van der Waals surface area contributed by atoms with Crippen molar-refractivity contribution in [2.24, 2.45) is 5.73 Å². The van der Waals surface area contributed by atoms with E-state index in [0.717, 1.165) is 41.9 Å². The number of fused-ring (bicyclic) bond motifs is 1. The summed E-state index contributed by atoms with van der Waals surface area (Å²) in [6.07, 6.45) is 4.11. The first-order valence-electron chi connectivity index (χ1n) is 6.29. The van der Waals surface area contributed by atoms with Crippen LogP contribution in [0.4, 0.5) is 5.69 Å². The van der Waals surface area contributed by atoms with E-state index >= 15 is 0 Å². The van der Waals surface area contributed by atoms with Crippen LogP contribution in [-0.2, 0) is 0 Å². The lowest BCUT2D eigenvalue weighted by Crippen LogP contribution is -2.42. The lowest BCUT2D eigenvalue weighted by atomic mass is 10.0. The van der Waals surface area contributed by atoms with E-state index in [2.05, 4.69) is 16.0 Å². The van der Waals surface area contributed by atoms with Crippen molar-refractivity contribution in [3.05, 3.63) is 35.5 Å². The van der Waals surface area contributed by atoms with Gasteiger partial charge in [0.05, 0.1) is 5.52 Å². The predicted molar refractivity (Wildman–Crippen MR) is 76.2 cm³/mol. The monoisotopic (exact) mass is 261 g/mol. The fraction of sp³-hybridized carbons (Fsp3) is 0.357. The van der Waals surface area contributed by atoms with E-state index in [1.54, 1.807) is 0 Å². The van der Waals surface area contributed by atoms with Gasteiger partial charge >= 0.3 is 0 Å². The van der Waals surface area contributed by atoms with E-state index in [9.17, 15) is 0 Å². The van der Waals surface area contributed by atoms with Crippen LogP contribution in [0.5, 0.6) is 0 Å². The molecular formula is C14H16ClN3. The minimum atomic E-state index is 0.272. The number of rotatable bonds is 1. The standard InChI is InChI=1S/C14H16ClN3/c15-10-3-4-12-13(8-10)17-6-5-14(12)18-7-1-2-11(16)9-18/h3-6,8,11H,1-2,7,9,16H2. The molecule has 0 saturated carbocycles. The molecule has 94 valence electrons. The second-order valence-electron chi connectivity index (χ2n) is 4.84. The van der Waals surface area contributed by atoms with Gasteiger partial charge in [0, 0.05) is 41.4 Å². The maximum absolute atomic E-state index is 6.05. The Labute approximate surface area is 112 Å². The van der Waals surface area contributed by atoms with Gasteiger partial charge in [-0.3, -0.25) is 4.98 Å². The molecule has 3 nitrogen and oxygen atoms in total. The van der Waals surface area contributed by atoms with Gasteiger partial charge in [-0.15, -0.1) is 0 Å². The first kappa shape index (κ1) is 11.8. The zero-order valence-corrected chi connectivity index (χ0v) is 10.9. The molecule has 18 heavy (non-hydrogen) atoms. The minimum Gasteiger partial charge on any atom is -0.369 e. The second kappa shape index (κ2) is 4.75. The maximum Gasteiger partial charge on any atom is 0.0737 e. The highest BCUT2D eigenvalue weighted by atomic mass is 35.5. The van der Waals surface area contributed by atoms with Crippen LogP contribution in [0.1, 0.15) is 12.8 Å². The van der Waals surface area contributed by atoms with E-state index in [0.29, 0.717) is 0 Å². The molecule has 1 unspecified atom stereocenters. The molecule has 3 rings (SSSR count). The Morgan fingerprint density at radius 3 is 3.06 bits per heavy atom. The number of anilines is 1. The van der Waals surface area contributed by atoms with Gasteiger partial charge < -0.3 is 10.6 Å². The average molecular weight is 262 g/mol. The summed E-state index contributed by atoms with van der Waals surface area (Å²) >= 11 is 6.01. The Kier molecular flexibility index (Phi) is 3.10. The highest BCUT2D eigenvalue weighted by Gasteiger charge is 2.18. The fourth-order valence-corrected chi connectivity index (χ4v) is 2.78. The quantitative estimate of drug-likeness (QED) is 0.858. The third-order valence-corrected chi connectivity index (χ3v) is 3.72. The predicted octanol–water partition coefficient (Wildman–Crippen LogP) is 2.82. The van der Waals surface area contributed by atoms with Crippen LogP contribution in [-0.4, -0.2) is 24.1 Å². The number of nitrogens with two attached hydrogens (primary N) is 1. The van der Waals surface area contributed by atoms with Crippen molar-refractivity contribution in [1.82, 2.24) is 4.98 Å². The third kappa shape index (κ3) is 2.16. The Hall–Kier alpha value is -1.32. The van der Waals surface area contributed by atoms with Gasteiger partial charge in [0.1, 0.15) is 0 Å². The molecule has 0 amide bonds. The Bertz CT molecular complexity index is 570. The molecule has 1 saturated heterocycles. The molecule has 1 aliphatic rings. The van der Waals surface area contributed by atoms with Gasteiger partial charge in [-0.2, -0.15) is 0 Å². The van der Waals surface area contributed by atoms with Gasteiger partial charge in [0.25, 0.3) is 0 Å². The first-order chi connectivity index (χ1) is 8.74. The Morgan fingerprint density at radius 1 is 1.33 bits per heavy atom. The number of nitrogens with zero attached hydrogens (tertiary/aromatic N) is 2. The summed E-state index contributed by atoms with van der Waals surface area (Å²) in [6.45, 7) is 1.98.